The first-order chi connectivity index (χ1) is 8.68. The smallest absolute Gasteiger partial charge is 0.252 e. The van der Waals surface area contributed by atoms with Crippen molar-refractivity contribution in [2.45, 2.75) is 20.3 Å². The van der Waals surface area contributed by atoms with E-state index < -0.39 is 0 Å². The fraction of sp³-hybridized carbons (Fsp3) is 0.333. The van der Waals surface area contributed by atoms with Crippen molar-refractivity contribution in [1.82, 2.24) is 10.3 Å². The van der Waals surface area contributed by atoms with E-state index in [-0.39, 0.29) is 5.91 Å². The Hall–Kier alpha value is -1.90. The summed E-state index contributed by atoms with van der Waals surface area (Å²) in [6.45, 7) is 5.01. The lowest BCUT2D eigenvalue weighted by molar-refractivity contribution is 0.0953. The SMILES string of the molecule is CC(C)CCNC(=O)c1ccnc2ccccc12. The quantitative estimate of drug-likeness (QED) is 0.895. The average Bonchev–Trinajstić information content (AvgIpc) is 2.37. The molecule has 3 nitrogen and oxygen atoms in total. The van der Waals surface area contributed by atoms with Gasteiger partial charge in [0.15, 0.2) is 0 Å². The van der Waals surface area contributed by atoms with E-state index in [9.17, 15) is 4.79 Å². The summed E-state index contributed by atoms with van der Waals surface area (Å²) in [6, 6.07) is 9.47. The first-order valence-corrected chi connectivity index (χ1v) is 6.30. The van der Waals surface area contributed by atoms with Crippen molar-refractivity contribution >= 4 is 16.8 Å². The molecule has 0 spiro atoms. The van der Waals surface area contributed by atoms with E-state index in [1.54, 1.807) is 12.3 Å². The molecule has 1 amide bonds. The number of nitrogens with zero attached hydrogens (tertiary/aromatic N) is 1. The molecule has 1 N–H and O–H groups in total. The summed E-state index contributed by atoms with van der Waals surface area (Å²) < 4.78 is 0. The van der Waals surface area contributed by atoms with Crippen molar-refractivity contribution < 1.29 is 4.79 Å². The van der Waals surface area contributed by atoms with Crippen LogP contribution in [-0.4, -0.2) is 17.4 Å². The summed E-state index contributed by atoms with van der Waals surface area (Å²) in [5.41, 5.74) is 1.55. The van der Waals surface area contributed by atoms with Crippen molar-refractivity contribution in [3.63, 3.8) is 0 Å². The van der Waals surface area contributed by atoms with Crippen LogP contribution in [0.5, 0.6) is 0 Å². The lowest BCUT2D eigenvalue weighted by Gasteiger charge is -2.08. The van der Waals surface area contributed by atoms with Gasteiger partial charge in [-0.25, -0.2) is 0 Å². The first-order valence-electron chi connectivity index (χ1n) is 6.30. The Morgan fingerprint density at radius 1 is 1.28 bits per heavy atom. The minimum absolute atomic E-state index is 0.0192. The molecule has 1 aromatic heterocycles. The topological polar surface area (TPSA) is 42.0 Å². The predicted molar refractivity (Wildman–Crippen MR) is 73.5 cm³/mol. The Balaban J connectivity index is 2.17. The van der Waals surface area contributed by atoms with Crippen molar-refractivity contribution in [3.8, 4) is 0 Å². The van der Waals surface area contributed by atoms with E-state index in [4.69, 9.17) is 0 Å². The number of aromatic nitrogens is 1. The summed E-state index contributed by atoms with van der Waals surface area (Å²) >= 11 is 0. The second-order valence-electron chi connectivity index (χ2n) is 4.81. The van der Waals surface area contributed by atoms with Crippen LogP contribution < -0.4 is 5.32 Å². The molecule has 94 valence electrons. The van der Waals surface area contributed by atoms with E-state index in [1.165, 1.54) is 0 Å². The molecule has 1 heterocycles. The van der Waals surface area contributed by atoms with Gasteiger partial charge in [0.2, 0.25) is 0 Å². The highest BCUT2D eigenvalue weighted by molar-refractivity contribution is 6.05. The number of rotatable bonds is 4. The van der Waals surface area contributed by atoms with Gasteiger partial charge in [-0.05, 0) is 24.5 Å². The van der Waals surface area contributed by atoms with Gasteiger partial charge in [0, 0.05) is 18.1 Å². The molecule has 2 aromatic rings. The third kappa shape index (κ3) is 2.86. The molecule has 0 aliphatic heterocycles. The molecule has 0 unspecified atom stereocenters. The lowest BCUT2D eigenvalue weighted by Crippen LogP contribution is -2.25. The van der Waals surface area contributed by atoms with Gasteiger partial charge in [-0.2, -0.15) is 0 Å². The number of fused-ring (bicyclic) bond motifs is 1. The van der Waals surface area contributed by atoms with E-state index in [2.05, 4.69) is 24.1 Å². The normalized spacial score (nSPS) is 10.8. The van der Waals surface area contributed by atoms with Gasteiger partial charge in [-0.15, -0.1) is 0 Å². The Morgan fingerprint density at radius 2 is 2.06 bits per heavy atom. The zero-order valence-electron chi connectivity index (χ0n) is 10.8. The average molecular weight is 242 g/mol. The molecule has 18 heavy (non-hydrogen) atoms. The minimum atomic E-state index is -0.0192. The molecule has 0 aliphatic carbocycles. The van der Waals surface area contributed by atoms with Crippen LogP contribution in [0.3, 0.4) is 0 Å². The van der Waals surface area contributed by atoms with Crippen LogP contribution in [-0.2, 0) is 0 Å². The van der Waals surface area contributed by atoms with E-state index in [0.29, 0.717) is 18.0 Å². The Bertz CT molecular complexity index is 544. The maximum Gasteiger partial charge on any atom is 0.252 e. The van der Waals surface area contributed by atoms with E-state index in [0.717, 1.165) is 17.3 Å². The highest BCUT2D eigenvalue weighted by Crippen LogP contribution is 2.15. The number of amides is 1. The van der Waals surface area contributed by atoms with Crippen molar-refractivity contribution in [2.24, 2.45) is 5.92 Å². The number of para-hydroxylation sites is 1. The molecule has 0 bridgehead atoms. The van der Waals surface area contributed by atoms with Gasteiger partial charge in [0.25, 0.3) is 5.91 Å². The molecular weight excluding hydrogens is 224 g/mol. The number of pyridine rings is 1. The molecule has 1 aromatic carbocycles. The number of nitrogens with one attached hydrogen (secondary N) is 1. The Morgan fingerprint density at radius 3 is 2.83 bits per heavy atom. The lowest BCUT2D eigenvalue weighted by atomic mass is 10.1. The van der Waals surface area contributed by atoms with Gasteiger partial charge >= 0.3 is 0 Å². The fourth-order valence-corrected chi connectivity index (χ4v) is 1.86. The maximum atomic E-state index is 12.1. The van der Waals surface area contributed by atoms with Crippen LogP contribution in [0.15, 0.2) is 36.5 Å². The number of carbonyl (C=O) groups is 1. The molecule has 0 radical (unpaired) electrons. The van der Waals surface area contributed by atoms with Crippen LogP contribution in [0.1, 0.15) is 30.6 Å². The van der Waals surface area contributed by atoms with Crippen molar-refractivity contribution in [1.29, 1.82) is 0 Å². The minimum Gasteiger partial charge on any atom is -0.352 e. The number of benzene rings is 1. The molecule has 0 saturated heterocycles. The molecule has 0 fully saturated rings. The molecule has 0 atom stereocenters. The zero-order chi connectivity index (χ0) is 13.0. The molecule has 3 heteroatoms. The monoisotopic (exact) mass is 242 g/mol. The zero-order valence-corrected chi connectivity index (χ0v) is 10.8. The second kappa shape index (κ2) is 5.63. The number of carbonyl (C=O) groups excluding carboxylic acids is 1. The Labute approximate surface area is 107 Å². The van der Waals surface area contributed by atoms with Gasteiger partial charge in [0.1, 0.15) is 0 Å². The van der Waals surface area contributed by atoms with Crippen molar-refractivity contribution in [3.05, 3.63) is 42.1 Å². The summed E-state index contributed by atoms with van der Waals surface area (Å²) in [5.74, 6) is 0.578. The van der Waals surface area contributed by atoms with E-state index in [1.807, 2.05) is 24.3 Å². The van der Waals surface area contributed by atoms with Gasteiger partial charge in [0.05, 0.1) is 11.1 Å². The summed E-state index contributed by atoms with van der Waals surface area (Å²) in [4.78, 5) is 16.4. The third-order valence-electron chi connectivity index (χ3n) is 2.90. The highest BCUT2D eigenvalue weighted by atomic mass is 16.1. The highest BCUT2D eigenvalue weighted by Gasteiger charge is 2.09. The predicted octanol–water partition coefficient (Wildman–Crippen LogP) is 3.01. The molecule has 0 saturated carbocycles. The number of hydrogen-bond acceptors (Lipinski definition) is 2. The van der Waals surface area contributed by atoms with Gasteiger partial charge < -0.3 is 5.32 Å². The largest absolute Gasteiger partial charge is 0.352 e. The van der Waals surface area contributed by atoms with Gasteiger partial charge in [-0.3, -0.25) is 9.78 Å². The van der Waals surface area contributed by atoms with Crippen LogP contribution in [0.4, 0.5) is 0 Å². The maximum absolute atomic E-state index is 12.1. The summed E-state index contributed by atoms with van der Waals surface area (Å²) in [5, 5.41) is 3.86. The number of hydrogen-bond donors (Lipinski definition) is 1. The fourth-order valence-electron chi connectivity index (χ4n) is 1.86. The molecular formula is C15H18N2O. The second-order valence-corrected chi connectivity index (χ2v) is 4.81. The van der Waals surface area contributed by atoms with Crippen LogP contribution in [0.25, 0.3) is 10.9 Å². The molecule has 2 rings (SSSR count). The molecule has 0 aliphatic rings. The van der Waals surface area contributed by atoms with Crippen molar-refractivity contribution in [2.75, 3.05) is 6.54 Å². The van der Waals surface area contributed by atoms with Crippen LogP contribution in [0, 0.1) is 5.92 Å². The first kappa shape index (κ1) is 12.6. The Kier molecular flexibility index (Phi) is 3.92. The standard InChI is InChI=1S/C15H18N2O/c1-11(2)7-9-17-15(18)13-8-10-16-14-6-4-3-5-12(13)14/h3-6,8,10-11H,7,9H2,1-2H3,(H,17,18). The van der Waals surface area contributed by atoms with Crippen LogP contribution in [0.2, 0.25) is 0 Å². The van der Waals surface area contributed by atoms with E-state index >= 15 is 0 Å². The summed E-state index contributed by atoms with van der Waals surface area (Å²) in [7, 11) is 0. The van der Waals surface area contributed by atoms with Gasteiger partial charge in [-0.1, -0.05) is 32.0 Å². The van der Waals surface area contributed by atoms with Crippen LogP contribution >= 0.6 is 0 Å². The third-order valence-corrected chi connectivity index (χ3v) is 2.90. The summed E-state index contributed by atoms with van der Waals surface area (Å²) in [6.07, 6.45) is 2.68.